The second-order valence-electron chi connectivity index (χ2n) is 17.0. The molecule has 0 spiro atoms. The molecule has 0 radical (unpaired) electrons. The van der Waals surface area contributed by atoms with E-state index in [1.165, 1.54) is 51.4 Å². The number of ether oxygens (including phenoxy) is 2. The summed E-state index contributed by atoms with van der Waals surface area (Å²) in [6, 6.07) is 0. The highest BCUT2D eigenvalue weighted by atomic mass is 16.5. The Balaban J connectivity index is 1.27. The third-order valence-electron chi connectivity index (χ3n) is 14.9. The first-order valence-corrected chi connectivity index (χ1v) is 16.1. The molecule has 1 aliphatic heterocycles. The molecule has 0 aromatic carbocycles. The van der Waals surface area contributed by atoms with Crippen LogP contribution in [0.4, 0.5) is 0 Å². The molecule has 5 heteroatoms. The average molecular weight is 543 g/mol. The quantitative estimate of drug-likeness (QED) is 0.369. The van der Waals surface area contributed by atoms with E-state index in [9.17, 15) is 9.59 Å². The number of carbonyl (C=O) groups excluding carboxylic acids is 1. The minimum absolute atomic E-state index is 0.0333. The lowest BCUT2D eigenvalue weighted by Crippen LogP contribution is -2.67. The Hall–Kier alpha value is -1.10. The molecule has 6 aliphatic rings. The standard InChI is InChI=1S/C34H54O5/c1-29(2)16-18-34-19-17-32(6)21(27(34)28(29)38-20-34)8-9-23-31(5)14-13-24(39-26(37)11-10-25(35)36)30(3,4)22(31)12-15-33(23,32)7/h21-24,27-28H,8-20H2,1-7H3,(H,35,36)/t21-,22+,23+,24-,27-,28+,31-,32+,33+,34+/m0/s1. The van der Waals surface area contributed by atoms with E-state index in [4.69, 9.17) is 14.6 Å². The Morgan fingerprint density at radius 3 is 2.23 bits per heavy atom. The van der Waals surface area contributed by atoms with Crippen LogP contribution < -0.4 is 0 Å². The van der Waals surface area contributed by atoms with Crippen molar-refractivity contribution in [3.05, 3.63) is 0 Å². The number of esters is 1. The molecule has 1 N–H and O–H groups in total. The molecule has 1 heterocycles. The molecule has 0 unspecified atom stereocenters. The molecule has 2 bridgehead atoms. The summed E-state index contributed by atoms with van der Waals surface area (Å²) in [6.45, 7) is 18.6. The molecule has 0 amide bonds. The Morgan fingerprint density at radius 1 is 0.795 bits per heavy atom. The van der Waals surface area contributed by atoms with Crippen molar-refractivity contribution >= 4 is 11.9 Å². The first-order valence-electron chi connectivity index (χ1n) is 16.1. The van der Waals surface area contributed by atoms with Gasteiger partial charge < -0.3 is 14.6 Å². The molecule has 5 nitrogen and oxygen atoms in total. The first-order chi connectivity index (χ1) is 18.1. The fourth-order valence-electron chi connectivity index (χ4n) is 12.6. The summed E-state index contributed by atoms with van der Waals surface area (Å²) in [5.41, 5.74) is 1.52. The summed E-state index contributed by atoms with van der Waals surface area (Å²) in [7, 11) is 0. The molecule has 220 valence electrons. The molecular weight excluding hydrogens is 488 g/mol. The minimum Gasteiger partial charge on any atom is -0.481 e. The Morgan fingerprint density at radius 2 is 1.51 bits per heavy atom. The SMILES string of the molecule is CC1(C)CC[C@]23CC[C@]4(C)[C@@H](CC[C@@H]5[C@@]6(C)CC[C@H](OC(=O)CCC(=O)O)C(C)(C)[C@H]6CC[C@]54C)[C@H]2[C@H]1OC3. The van der Waals surface area contributed by atoms with Gasteiger partial charge >= 0.3 is 11.9 Å². The van der Waals surface area contributed by atoms with E-state index in [2.05, 4.69) is 48.5 Å². The van der Waals surface area contributed by atoms with Crippen LogP contribution in [0.25, 0.3) is 0 Å². The van der Waals surface area contributed by atoms with Crippen LogP contribution in [-0.2, 0) is 19.1 Å². The van der Waals surface area contributed by atoms with Gasteiger partial charge in [-0.3, -0.25) is 9.59 Å². The van der Waals surface area contributed by atoms with Crippen LogP contribution >= 0.6 is 0 Å². The zero-order valence-electron chi connectivity index (χ0n) is 25.7. The Bertz CT molecular complexity index is 1030. The van der Waals surface area contributed by atoms with Gasteiger partial charge in [0.05, 0.1) is 25.6 Å². The van der Waals surface area contributed by atoms with Gasteiger partial charge in [-0.25, -0.2) is 0 Å². The summed E-state index contributed by atoms with van der Waals surface area (Å²) >= 11 is 0. The van der Waals surface area contributed by atoms with Gasteiger partial charge in [0.1, 0.15) is 6.10 Å². The van der Waals surface area contributed by atoms with Crippen LogP contribution in [0, 0.1) is 56.2 Å². The maximum atomic E-state index is 12.5. The number of hydrogen-bond donors (Lipinski definition) is 1. The van der Waals surface area contributed by atoms with Gasteiger partial charge in [-0.15, -0.1) is 0 Å². The van der Waals surface area contributed by atoms with E-state index in [0.29, 0.717) is 34.2 Å². The van der Waals surface area contributed by atoms with E-state index in [1.807, 2.05) is 0 Å². The Labute approximate surface area is 236 Å². The lowest BCUT2D eigenvalue weighted by Gasteiger charge is -2.73. The zero-order valence-corrected chi connectivity index (χ0v) is 25.7. The Kier molecular flexibility index (Phi) is 6.26. The molecule has 0 aromatic heterocycles. The van der Waals surface area contributed by atoms with Gasteiger partial charge in [-0.05, 0) is 115 Å². The molecule has 6 rings (SSSR count). The van der Waals surface area contributed by atoms with E-state index < -0.39 is 5.97 Å². The fraction of sp³-hybridized carbons (Fsp3) is 0.941. The van der Waals surface area contributed by atoms with Gasteiger partial charge in [0, 0.05) is 5.41 Å². The van der Waals surface area contributed by atoms with Crippen molar-refractivity contribution in [1.82, 2.24) is 0 Å². The molecule has 1 saturated heterocycles. The van der Waals surface area contributed by atoms with Crippen molar-refractivity contribution in [2.24, 2.45) is 56.2 Å². The van der Waals surface area contributed by atoms with Crippen LogP contribution in [0.15, 0.2) is 0 Å². The van der Waals surface area contributed by atoms with E-state index in [-0.39, 0.29) is 41.2 Å². The van der Waals surface area contributed by atoms with Gasteiger partial charge in [0.15, 0.2) is 0 Å². The number of carbonyl (C=O) groups is 2. The van der Waals surface area contributed by atoms with Crippen molar-refractivity contribution in [2.75, 3.05) is 6.61 Å². The van der Waals surface area contributed by atoms with Crippen LogP contribution in [0.1, 0.15) is 126 Å². The second kappa shape index (κ2) is 8.71. The zero-order chi connectivity index (χ0) is 28.2. The van der Waals surface area contributed by atoms with Crippen molar-refractivity contribution in [3.63, 3.8) is 0 Å². The number of rotatable bonds is 4. The minimum atomic E-state index is -0.942. The largest absolute Gasteiger partial charge is 0.481 e. The fourth-order valence-corrected chi connectivity index (χ4v) is 12.6. The summed E-state index contributed by atoms with van der Waals surface area (Å²) in [4.78, 5) is 23.5. The summed E-state index contributed by atoms with van der Waals surface area (Å²) < 4.78 is 12.7. The van der Waals surface area contributed by atoms with Crippen molar-refractivity contribution in [1.29, 1.82) is 0 Å². The molecule has 39 heavy (non-hydrogen) atoms. The predicted octanol–water partition coefficient (Wildman–Crippen LogP) is 7.65. The second-order valence-corrected chi connectivity index (χ2v) is 17.0. The number of carboxylic acids is 1. The molecule has 0 aromatic rings. The van der Waals surface area contributed by atoms with Gasteiger partial charge in [-0.1, -0.05) is 48.5 Å². The molecular formula is C34H54O5. The van der Waals surface area contributed by atoms with Crippen molar-refractivity contribution in [3.8, 4) is 0 Å². The molecule has 5 aliphatic carbocycles. The normalized spacial score (nSPS) is 51.1. The van der Waals surface area contributed by atoms with Crippen LogP contribution in [0.5, 0.6) is 0 Å². The number of hydrogen-bond acceptors (Lipinski definition) is 4. The highest BCUT2D eigenvalue weighted by Crippen LogP contribution is 2.78. The maximum absolute atomic E-state index is 12.5. The summed E-state index contributed by atoms with van der Waals surface area (Å²) in [5, 5.41) is 9.00. The van der Waals surface area contributed by atoms with Crippen LogP contribution in [-0.4, -0.2) is 35.9 Å². The van der Waals surface area contributed by atoms with E-state index >= 15 is 0 Å². The van der Waals surface area contributed by atoms with Gasteiger partial charge in [0.2, 0.25) is 0 Å². The molecule has 6 fully saturated rings. The highest BCUT2D eigenvalue weighted by molar-refractivity contribution is 5.76. The third-order valence-corrected chi connectivity index (χ3v) is 14.9. The lowest BCUT2D eigenvalue weighted by molar-refractivity contribution is -0.254. The van der Waals surface area contributed by atoms with Crippen LogP contribution in [0.2, 0.25) is 0 Å². The third kappa shape index (κ3) is 3.72. The lowest BCUT2D eigenvalue weighted by atomic mass is 9.31. The topological polar surface area (TPSA) is 72.8 Å². The highest BCUT2D eigenvalue weighted by Gasteiger charge is 2.72. The van der Waals surface area contributed by atoms with Gasteiger partial charge in [-0.2, -0.15) is 0 Å². The first kappa shape index (κ1) is 28.0. The van der Waals surface area contributed by atoms with E-state index in [1.54, 1.807) is 0 Å². The monoisotopic (exact) mass is 542 g/mol. The number of aliphatic carboxylic acids is 1. The smallest absolute Gasteiger partial charge is 0.306 e. The molecule has 5 saturated carbocycles. The average Bonchev–Trinajstić information content (AvgIpc) is 3.19. The maximum Gasteiger partial charge on any atom is 0.306 e. The van der Waals surface area contributed by atoms with Gasteiger partial charge in [0.25, 0.3) is 0 Å². The van der Waals surface area contributed by atoms with E-state index in [0.717, 1.165) is 31.3 Å². The predicted molar refractivity (Wildman–Crippen MR) is 151 cm³/mol. The van der Waals surface area contributed by atoms with Crippen LogP contribution in [0.3, 0.4) is 0 Å². The van der Waals surface area contributed by atoms with Crippen molar-refractivity contribution in [2.45, 2.75) is 138 Å². The summed E-state index contributed by atoms with van der Waals surface area (Å²) in [6.07, 6.45) is 12.6. The molecule has 10 atom stereocenters. The van der Waals surface area contributed by atoms with Crippen molar-refractivity contribution < 1.29 is 24.2 Å². The summed E-state index contributed by atoms with van der Waals surface area (Å²) in [5.74, 6) is 1.40. The number of carboxylic acid groups (broad SMARTS) is 1. The number of fused-ring (bicyclic) bond motifs is 5.